The molecule has 1 aromatic heterocycles. The van der Waals surface area contributed by atoms with Crippen LogP contribution in [-0.4, -0.2) is 10.6 Å². The van der Waals surface area contributed by atoms with Gasteiger partial charge in [-0.2, -0.15) is 0 Å². The molecule has 2 nitrogen and oxygen atoms in total. The molecule has 1 heterocycles. The van der Waals surface area contributed by atoms with E-state index in [1.54, 1.807) is 0 Å². The highest BCUT2D eigenvalue weighted by Crippen LogP contribution is 2.24. The van der Waals surface area contributed by atoms with Gasteiger partial charge in [-0.3, -0.25) is 0 Å². The topological polar surface area (TPSA) is 30.9 Å². The minimum absolute atomic E-state index is 0.157. The molecular formula is C11H13ClN2. The molecule has 74 valence electrons. The van der Waals surface area contributed by atoms with Crippen molar-refractivity contribution in [3.63, 3.8) is 0 Å². The first-order valence-corrected chi connectivity index (χ1v) is 5.05. The number of rotatable bonds is 2. The molecule has 0 aliphatic carbocycles. The number of halogens is 1. The molecule has 0 fully saturated rings. The molecule has 0 saturated heterocycles. The van der Waals surface area contributed by atoms with Crippen molar-refractivity contribution in [1.29, 1.82) is 0 Å². The van der Waals surface area contributed by atoms with Gasteiger partial charge in [0.25, 0.3) is 0 Å². The van der Waals surface area contributed by atoms with Crippen molar-refractivity contribution < 1.29 is 0 Å². The Morgan fingerprint density at radius 1 is 1.43 bits per heavy atom. The van der Waals surface area contributed by atoms with Gasteiger partial charge in [0.15, 0.2) is 0 Å². The molecule has 0 saturated carbocycles. The second kappa shape index (κ2) is 3.64. The fraction of sp³-hybridized carbons (Fsp3) is 0.273. The van der Waals surface area contributed by atoms with Crippen LogP contribution >= 0.6 is 11.6 Å². The van der Waals surface area contributed by atoms with E-state index in [2.05, 4.69) is 10.6 Å². The highest BCUT2D eigenvalue weighted by atomic mass is 35.5. The second-order valence-corrected chi connectivity index (χ2v) is 4.03. The number of fused-ring (bicyclic) bond motifs is 1. The van der Waals surface area contributed by atoms with Gasteiger partial charge >= 0.3 is 0 Å². The summed E-state index contributed by atoms with van der Waals surface area (Å²) >= 11 is 6.06. The molecule has 0 spiro atoms. The van der Waals surface area contributed by atoms with Crippen molar-refractivity contribution >= 4 is 22.5 Å². The van der Waals surface area contributed by atoms with Crippen LogP contribution in [0.4, 0.5) is 0 Å². The molecular weight excluding hydrogens is 196 g/mol. The van der Waals surface area contributed by atoms with Gasteiger partial charge in [0.1, 0.15) is 0 Å². The second-order valence-electron chi connectivity index (χ2n) is 3.62. The Hall–Kier alpha value is -0.990. The Bertz CT molecular complexity index is 445. The van der Waals surface area contributed by atoms with E-state index in [9.17, 15) is 0 Å². The van der Waals surface area contributed by atoms with Gasteiger partial charge in [0.05, 0.1) is 0 Å². The average molecular weight is 209 g/mol. The van der Waals surface area contributed by atoms with Crippen LogP contribution in [0.5, 0.6) is 0 Å². The van der Waals surface area contributed by atoms with Crippen LogP contribution in [0.2, 0.25) is 5.02 Å². The summed E-state index contributed by atoms with van der Waals surface area (Å²) in [4.78, 5) is 0. The molecule has 1 aromatic carbocycles. The quantitative estimate of drug-likeness (QED) is 0.808. The van der Waals surface area contributed by atoms with E-state index < -0.39 is 0 Å². The van der Waals surface area contributed by atoms with Crippen molar-refractivity contribution in [3.05, 3.63) is 35.5 Å². The lowest BCUT2D eigenvalue weighted by molar-refractivity contribution is 0.605. The zero-order chi connectivity index (χ0) is 10.1. The van der Waals surface area contributed by atoms with Gasteiger partial charge in [-0.1, -0.05) is 17.7 Å². The van der Waals surface area contributed by atoms with Crippen molar-refractivity contribution in [2.24, 2.45) is 5.73 Å². The molecule has 0 aliphatic heterocycles. The molecule has 0 aliphatic rings. The predicted octanol–water partition coefficient (Wildman–Crippen LogP) is 2.64. The van der Waals surface area contributed by atoms with Gasteiger partial charge in [-0.15, -0.1) is 0 Å². The highest BCUT2D eigenvalue weighted by molar-refractivity contribution is 6.35. The Labute approximate surface area is 88.3 Å². The van der Waals surface area contributed by atoms with E-state index in [1.165, 1.54) is 0 Å². The van der Waals surface area contributed by atoms with Gasteiger partial charge < -0.3 is 10.3 Å². The van der Waals surface area contributed by atoms with Crippen LogP contribution in [-0.2, 0) is 6.54 Å². The number of aromatic nitrogens is 1. The van der Waals surface area contributed by atoms with Gasteiger partial charge in [-0.05, 0) is 25.1 Å². The number of nitrogens with zero attached hydrogens (tertiary/aromatic N) is 1. The van der Waals surface area contributed by atoms with Crippen molar-refractivity contribution in [3.8, 4) is 0 Å². The van der Waals surface area contributed by atoms with E-state index in [4.69, 9.17) is 17.3 Å². The Kier molecular flexibility index (Phi) is 2.48. The summed E-state index contributed by atoms with van der Waals surface area (Å²) in [6.07, 6.45) is 2.03. The van der Waals surface area contributed by atoms with Crippen LogP contribution in [0.1, 0.15) is 6.92 Å². The lowest BCUT2D eigenvalue weighted by Crippen LogP contribution is -2.21. The highest BCUT2D eigenvalue weighted by Gasteiger charge is 2.04. The third-order valence-corrected chi connectivity index (χ3v) is 2.57. The standard InChI is InChI=1S/C11H13ClN2/c1-8(13)7-14-6-5-9-10(12)3-2-4-11(9)14/h2-6,8H,7,13H2,1H3. The molecule has 3 heteroatoms. The first kappa shape index (κ1) is 9.56. The van der Waals surface area contributed by atoms with Gasteiger partial charge in [-0.25, -0.2) is 0 Å². The summed E-state index contributed by atoms with van der Waals surface area (Å²) in [5, 5.41) is 1.89. The van der Waals surface area contributed by atoms with E-state index in [0.29, 0.717) is 0 Å². The minimum atomic E-state index is 0.157. The van der Waals surface area contributed by atoms with Crippen molar-refractivity contribution in [2.45, 2.75) is 19.5 Å². The zero-order valence-electron chi connectivity index (χ0n) is 8.07. The maximum atomic E-state index is 6.06. The summed E-state index contributed by atoms with van der Waals surface area (Å²) in [5.74, 6) is 0. The van der Waals surface area contributed by atoms with E-state index in [1.807, 2.05) is 31.3 Å². The Morgan fingerprint density at radius 3 is 2.93 bits per heavy atom. The average Bonchev–Trinajstić information content (AvgIpc) is 2.49. The molecule has 14 heavy (non-hydrogen) atoms. The SMILES string of the molecule is CC(N)Cn1ccc2c(Cl)cccc21. The maximum absolute atomic E-state index is 6.06. The minimum Gasteiger partial charge on any atom is -0.346 e. The van der Waals surface area contributed by atoms with E-state index >= 15 is 0 Å². The fourth-order valence-electron chi connectivity index (χ4n) is 1.66. The monoisotopic (exact) mass is 208 g/mol. The number of benzene rings is 1. The van der Waals surface area contributed by atoms with E-state index in [0.717, 1.165) is 22.5 Å². The lowest BCUT2D eigenvalue weighted by Gasteiger charge is -2.08. The molecule has 0 radical (unpaired) electrons. The molecule has 0 bridgehead atoms. The van der Waals surface area contributed by atoms with Crippen LogP contribution in [0.3, 0.4) is 0 Å². The van der Waals surface area contributed by atoms with Gasteiger partial charge in [0, 0.05) is 34.7 Å². The molecule has 2 aromatic rings. The lowest BCUT2D eigenvalue weighted by atomic mass is 10.2. The number of hydrogen-bond donors (Lipinski definition) is 1. The number of nitrogens with two attached hydrogens (primary N) is 1. The maximum Gasteiger partial charge on any atom is 0.0499 e. The largest absolute Gasteiger partial charge is 0.346 e. The smallest absolute Gasteiger partial charge is 0.0499 e. The van der Waals surface area contributed by atoms with Crippen LogP contribution < -0.4 is 5.73 Å². The molecule has 2 rings (SSSR count). The van der Waals surface area contributed by atoms with Crippen LogP contribution in [0, 0.1) is 0 Å². The van der Waals surface area contributed by atoms with E-state index in [-0.39, 0.29) is 6.04 Å². The molecule has 1 unspecified atom stereocenters. The number of hydrogen-bond acceptors (Lipinski definition) is 1. The van der Waals surface area contributed by atoms with Crippen LogP contribution in [0.15, 0.2) is 30.5 Å². The third-order valence-electron chi connectivity index (χ3n) is 2.25. The summed E-state index contributed by atoms with van der Waals surface area (Å²) in [6, 6.07) is 8.11. The normalized spacial score (nSPS) is 13.4. The van der Waals surface area contributed by atoms with Crippen molar-refractivity contribution in [1.82, 2.24) is 4.57 Å². The summed E-state index contributed by atoms with van der Waals surface area (Å²) in [5.41, 5.74) is 6.91. The van der Waals surface area contributed by atoms with Gasteiger partial charge in [0.2, 0.25) is 0 Å². The van der Waals surface area contributed by atoms with Crippen molar-refractivity contribution in [2.75, 3.05) is 0 Å². The Morgan fingerprint density at radius 2 is 2.21 bits per heavy atom. The third kappa shape index (κ3) is 1.63. The zero-order valence-corrected chi connectivity index (χ0v) is 8.83. The summed E-state index contributed by atoms with van der Waals surface area (Å²) in [7, 11) is 0. The molecule has 1 atom stereocenters. The summed E-state index contributed by atoms with van der Waals surface area (Å²) in [6.45, 7) is 2.82. The van der Waals surface area contributed by atoms with Crippen LogP contribution in [0.25, 0.3) is 10.9 Å². The molecule has 2 N–H and O–H groups in total. The fourth-order valence-corrected chi connectivity index (χ4v) is 1.89. The Balaban J connectivity index is 2.52. The first-order chi connectivity index (χ1) is 6.68. The summed E-state index contributed by atoms with van der Waals surface area (Å²) < 4.78 is 2.13. The molecule has 0 amide bonds. The first-order valence-electron chi connectivity index (χ1n) is 4.67. The predicted molar refractivity (Wildman–Crippen MR) is 60.6 cm³/mol.